The number of hydrogen-bond donors (Lipinski definition) is 1. The van der Waals surface area contributed by atoms with E-state index in [1.54, 1.807) is 30.8 Å². The normalized spacial score (nSPS) is 11.8. The third-order valence-corrected chi connectivity index (χ3v) is 5.68. The topological polar surface area (TPSA) is 64.3 Å². The number of carboxylic acid groups (broad SMARTS) is 1. The highest BCUT2D eigenvalue weighted by molar-refractivity contribution is 6.00. The number of rotatable bonds is 7. The fourth-order valence-corrected chi connectivity index (χ4v) is 3.88. The van der Waals surface area contributed by atoms with Crippen LogP contribution in [0.15, 0.2) is 84.4 Å². The molecule has 1 heterocycles. The van der Waals surface area contributed by atoms with Crippen molar-refractivity contribution in [3.05, 3.63) is 107 Å². The molecule has 0 bridgehead atoms. The molecule has 1 aromatic heterocycles. The predicted molar refractivity (Wildman–Crippen MR) is 131 cm³/mol. The van der Waals surface area contributed by atoms with Gasteiger partial charge in [-0.1, -0.05) is 48.9 Å². The van der Waals surface area contributed by atoms with Gasteiger partial charge in [-0.2, -0.15) is 5.10 Å². The zero-order chi connectivity index (χ0) is 24.2. The first-order valence-corrected chi connectivity index (χ1v) is 11.0. The molecule has 0 amide bonds. The Kier molecular flexibility index (Phi) is 6.59. The third kappa shape index (κ3) is 4.62. The monoisotopic (exact) mass is 456 g/mol. The highest BCUT2D eigenvalue weighted by atomic mass is 19.1. The Morgan fingerprint density at radius 1 is 1.00 bits per heavy atom. The van der Waals surface area contributed by atoms with Crippen molar-refractivity contribution >= 4 is 11.5 Å². The van der Waals surface area contributed by atoms with Crippen LogP contribution in [0.4, 0.5) is 4.39 Å². The number of halogens is 1. The number of hydrogen-bond acceptors (Lipinski definition) is 3. The van der Waals surface area contributed by atoms with Crippen molar-refractivity contribution in [2.75, 3.05) is 7.11 Å². The molecule has 172 valence electrons. The number of ether oxygens (including phenoxy) is 1. The van der Waals surface area contributed by atoms with Crippen LogP contribution in [-0.2, 0) is 4.79 Å². The van der Waals surface area contributed by atoms with Gasteiger partial charge in [0.15, 0.2) is 0 Å². The number of methoxy groups -OCH3 is 1. The smallest absolute Gasteiger partial charge is 0.332 e. The average molecular weight is 457 g/mol. The van der Waals surface area contributed by atoms with Gasteiger partial charge in [-0.05, 0) is 61.4 Å². The Labute approximate surface area is 197 Å². The summed E-state index contributed by atoms with van der Waals surface area (Å²) >= 11 is 0. The number of carboxylic acids is 1. The first-order chi connectivity index (χ1) is 16.4. The molecule has 3 aromatic carbocycles. The largest absolute Gasteiger partial charge is 0.497 e. The van der Waals surface area contributed by atoms with E-state index in [9.17, 15) is 14.3 Å². The molecule has 5 nitrogen and oxygen atoms in total. The molecule has 0 aliphatic rings. The molecular formula is C28H25FN2O3. The summed E-state index contributed by atoms with van der Waals surface area (Å²) in [6.07, 6.45) is 0.289. The highest BCUT2D eigenvalue weighted by Gasteiger charge is 2.22. The molecule has 6 heteroatoms. The number of aryl methyl sites for hydroxylation is 1. The van der Waals surface area contributed by atoms with E-state index >= 15 is 0 Å². The second-order valence-electron chi connectivity index (χ2n) is 7.91. The lowest BCUT2D eigenvalue weighted by atomic mass is 9.95. The molecule has 34 heavy (non-hydrogen) atoms. The third-order valence-electron chi connectivity index (χ3n) is 5.68. The number of aliphatic carboxylic acids is 1. The van der Waals surface area contributed by atoms with Gasteiger partial charge in [0.25, 0.3) is 0 Å². The van der Waals surface area contributed by atoms with Crippen molar-refractivity contribution < 1.29 is 19.0 Å². The lowest BCUT2D eigenvalue weighted by Crippen LogP contribution is -2.06. The van der Waals surface area contributed by atoms with Crippen LogP contribution in [0.2, 0.25) is 0 Å². The zero-order valence-corrected chi connectivity index (χ0v) is 19.2. The minimum absolute atomic E-state index is 0.210. The van der Waals surface area contributed by atoms with Crippen LogP contribution in [0.1, 0.15) is 30.2 Å². The Hall–Kier alpha value is -4.19. The summed E-state index contributed by atoms with van der Waals surface area (Å²) in [5.74, 6) is -0.697. The average Bonchev–Trinajstić information content (AvgIpc) is 3.28. The first-order valence-electron chi connectivity index (χ1n) is 11.0. The summed E-state index contributed by atoms with van der Waals surface area (Å²) in [4.78, 5) is 12.1. The summed E-state index contributed by atoms with van der Waals surface area (Å²) in [5.41, 5.74) is 5.44. The van der Waals surface area contributed by atoms with Crippen molar-refractivity contribution in [1.82, 2.24) is 9.78 Å². The fraction of sp³-hybridized carbons (Fsp3) is 0.143. The fourth-order valence-electron chi connectivity index (χ4n) is 3.88. The summed E-state index contributed by atoms with van der Waals surface area (Å²) in [7, 11) is 1.61. The standard InChI is InChI=1S/C28H25FN2O3/c1-4-24(28(32)33)27(20-9-11-21(29)12-10-20)25-17-26(19-7-5-18(2)6-8-19)31(30-25)22-13-15-23(34-3)16-14-22/h5-17H,4H2,1-3H3,(H,32,33). The molecule has 0 aliphatic carbocycles. The van der Waals surface area contributed by atoms with E-state index < -0.39 is 5.97 Å². The van der Waals surface area contributed by atoms with E-state index in [0.29, 0.717) is 16.8 Å². The van der Waals surface area contributed by atoms with Gasteiger partial charge in [-0.25, -0.2) is 13.9 Å². The van der Waals surface area contributed by atoms with Crippen molar-refractivity contribution in [3.63, 3.8) is 0 Å². The Morgan fingerprint density at radius 2 is 1.65 bits per heavy atom. The maximum atomic E-state index is 13.6. The van der Waals surface area contributed by atoms with Gasteiger partial charge in [0.2, 0.25) is 0 Å². The lowest BCUT2D eigenvalue weighted by Gasteiger charge is -2.10. The molecule has 0 fully saturated rings. The van der Waals surface area contributed by atoms with E-state index in [1.807, 2.05) is 61.5 Å². The number of nitrogens with zero attached hydrogens (tertiary/aromatic N) is 2. The molecule has 0 atom stereocenters. The predicted octanol–water partition coefficient (Wildman–Crippen LogP) is 6.29. The SMILES string of the molecule is CCC(C(=O)O)=C(c1ccc(F)cc1)c1cc(-c2ccc(C)cc2)n(-c2ccc(OC)cc2)n1. The quantitative estimate of drug-likeness (QED) is 0.332. The van der Waals surface area contributed by atoms with Crippen LogP contribution in [0.5, 0.6) is 5.75 Å². The summed E-state index contributed by atoms with van der Waals surface area (Å²) in [6.45, 7) is 3.81. The minimum Gasteiger partial charge on any atom is -0.497 e. The second-order valence-corrected chi connectivity index (χ2v) is 7.91. The Bertz CT molecular complexity index is 1340. The van der Waals surface area contributed by atoms with Gasteiger partial charge in [-0.15, -0.1) is 0 Å². The molecule has 0 saturated heterocycles. The molecule has 0 unspecified atom stereocenters. The summed E-state index contributed by atoms with van der Waals surface area (Å²) in [6, 6.07) is 23.2. The van der Waals surface area contributed by atoms with E-state index in [1.165, 1.54) is 12.1 Å². The van der Waals surface area contributed by atoms with Crippen molar-refractivity contribution in [1.29, 1.82) is 0 Å². The number of benzene rings is 3. The van der Waals surface area contributed by atoms with Gasteiger partial charge in [0.1, 0.15) is 11.6 Å². The molecule has 4 rings (SSSR count). The number of aromatic nitrogens is 2. The van der Waals surface area contributed by atoms with Gasteiger partial charge >= 0.3 is 5.97 Å². The van der Waals surface area contributed by atoms with Crippen LogP contribution in [0.25, 0.3) is 22.5 Å². The molecule has 0 saturated carbocycles. The molecule has 4 aromatic rings. The van der Waals surface area contributed by atoms with Crippen LogP contribution < -0.4 is 4.74 Å². The number of carbonyl (C=O) groups is 1. The van der Waals surface area contributed by atoms with Gasteiger partial charge in [0, 0.05) is 16.7 Å². The first kappa shape index (κ1) is 23.0. The van der Waals surface area contributed by atoms with Crippen molar-refractivity contribution in [2.45, 2.75) is 20.3 Å². The molecule has 0 radical (unpaired) electrons. The maximum Gasteiger partial charge on any atom is 0.332 e. The lowest BCUT2D eigenvalue weighted by molar-refractivity contribution is -0.132. The van der Waals surface area contributed by atoms with Crippen molar-refractivity contribution in [3.8, 4) is 22.7 Å². The molecule has 1 N–H and O–H groups in total. The zero-order valence-electron chi connectivity index (χ0n) is 19.2. The minimum atomic E-state index is -1.03. The molecular weight excluding hydrogens is 431 g/mol. The maximum absolute atomic E-state index is 13.6. The van der Waals surface area contributed by atoms with Gasteiger partial charge in [0.05, 0.1) is 24.2 Å². The summed E-state index contributed by atoms with van der Waals surface area (Å²) in [5, 5.41) is 14.8. The molecule has 0 aliphatic heterocycles. The Morgan fingerprint density at radius 3 is 2.21 bits per heavy atom. The van der Waals surface area contributed by atoms with Gasteiger partial charge < -0.3 is 9.84 Å². The Balaban J connectivity index is 1.98. The van der Waals surface area contributed by atoms with Crippen LogP contribution in [0.3, 0.4) is 0 Å². The van der Waals surface area contributed by atoms with E-state index in [4.69, 9.17) is 9.84 Å². The van der Waals surface area contributed by atoms with Crippen LogP contribution >= 0.6 is 0 Å². The van der Waals surface area contributed by atoms with E-state index in [-0.39, 0.29) is 17.8 Å². The highest BCUT2D eigenvalue weighted by Crippen LogP contribution is 2.33. The van der Waals surface area contributed by atoms with E-state index in [0.717, 1.165) is 28.3 Å². The van der Waals surface area contributed by atoms with Gasteiger partial charge in [-0.3, -0.25) is 0 Å². The van der Waals surface area contributed by atoms with Crippen molar-refractivity contribution in [2.24, 2.45) is 0 Å². The van der Waals surface area contributed by atoms with Crippen LogP contribution in [0, 0.1) is 12.7 Å². The molecule has 0 spiro atoms. The summed E-state index contributed by atoms with van der Waals surface area (Å²) < 4.78 is 20.7. The second kappa shape index (κ2) is 9.75. The van der Waals surface area contributed by atoms with E-state index in [2.05, 4.69) is 0 Å². The van der Waals surface area contributed by atoms with Crippen LogP contribution in [-0.4, -0.2) is 28.0 Å².